The summed E-state index contributed by atoms with van der Waals surface area (Å²) in [6, 6.07) is 6.61. The van der Waals surface area contributed by atoms with Gasteiger partial charge in [-0.15, -0.1) is 0 Å². The van der Waals surface area contributed by atoms with Gasteiger partial charge >= 0.3 is 0 Å². The zero-order valence-electron chi connectivity index (χ0n) is 10.3. The van der Waals surface area contributed by atoms with E-state index in [0.29, 0.717) is 10.9 Å². The lowest BCUT2D eigenvalue weighted by Crippen LogP contribution is -1.89. The predicted molar refractivity (Wildman–Crippen MR) is 74.6 cm³/mol. The Balaban J connectivity index is 2.13. The molecule has 5 heteroatoms. The van der Waals surface area contributed by atoms with Gasteiger partial charge < -0.3 is 4.98 Å². The number of imidazole rings is 1. The molecular formula is C15H9FN4. The molecule has 0 radical (unpaired) electrons. The molecule has 0 unspecified atom stereocenters. The lowest BCUT2D eigenvalue weighted by Gasteiger charge is -2.07. The van der Waals surface area contributed by atoms with Crippen molar-refractivity contribution in [1.82, 2.24) is 19.9 Å². The number of fused-ring (bicyclic) bond motifs is 2. The summed E-state index contributed by atoms with van der Waals surface area (Å²) in [5.41, 5.74) is 3.93. The van der Waals surface area contributed by atoms with Crippen LogP contribution < -0.4 is 0 Å². The van der Waals surface area contributed by atoms with Crippen LogP contribution in [0.15, 0.2) is 49.2 Å². The molecule has 20 heavy (non-hydrogen) atoms. The Labute approximate surface area is 113 Å². The Morgan fingerprint density at radius 1 is 0.950 bits per heavy atom. The Morgan fingerprint density at radius 2 is 1.90 bits per heavy atom. The summed E-state index contributed by atoms with van der Waals surface area (Å²) in [5, 5.41) is 0.498. The maximum atomic E-state index is 13.9. The summed E-state index contributed by atoms with van der Waals surface area (Å²) in [6.45, 7) is 0. The van der Waals surface area contributed by atoms with Crippen LogP contribution in [0.25, 0.3) is 33.1 Å². The second-order valence-corrected chi connectivity index (χ2v) is 4.48. The third-order valence-corrected chi connectivity index (χ3v) is 3.34. The van der Waals surface area contributed by atoms with Crippen molar-refractivity contribution in [1.29, 1.82) is 0 Å². The molecule has 0 fully saturated rings. The molecule has 0 aliphatic carbocycles. The van der Waals surface area contributed by atoms with E-state index in [1.54, 1.807) is 43.1 Å². The van der Waals surface area contributed by atoms with Crippen LogP contribution in [0.4, 0.5) is 4.39 Å². The quantitative estimate of drug-likeness (QED) is 0.574. The number of pyridine rings is 2. The van der Waals surface area contributed by atoms with Gasteiger partial charge in [-0.1, -0.05) is 0 Å². The fraction of sp³-hybridized carbons (Fsp3) is 0. The first kappa shape index (κ1) is 11.0. The lowest BCUT2D eigenvalue weighted by molar-refractivity contribution is 0.639. The van der Waals surface area contributed by atoms with Crippen molar-refractivity contribution in [3.63, 3.8) is 0 Å². The van der Waals surface area contributed by atoms with Crippen LogP contribution in [0.2, 0.25) is 0 Å². The molecule has 0 spiro atoms. The number of rotatable bonds is 1. The van der Waals surface area contributed by atoms with Crippen molar-refractivity contribution >= 4 is 21.9 Å². The van der Waals surface area contributed by atoms with Gasteiger partial charge in [0.2, 0.25) is 0 Å². The van der Waals surface area contributed by atoms with E-state index in [1.165, 1.54) is 6.07 Å². The smallest absolute Gasteiger partial charge is 0.132 e. The molecule has 0 atom stereocenters. The van der Waals surface area contributed by atoms with E-state index >= 15 is 0 Å². The van der Waals surface area contributed by atoms with Gasteiger partial charge in [-0.25, -0.2) is 9.37 Å². The first-order valence-corrected chi connectivity index (χ1v) is 6.15. The molecule has 0 bridgehead atoms. The first-order valence-electron chi connectivity index (χ1n) is 6.15. The van der Waals surface area contributed by atoms with Crippen LogP contribution >= 0.6 is 0 Å². The highest BCUT2D eigenvalue weighted by molar-refractivity contribution is 6.01. The highest BCUT2D eigenvalue weighted by Crippen LogP contribution is 2.31. The molecule has 1 N–H and O–H groups in total. The summed E-state index contributed by atoms with van der Waals surface area (Å²) in [6.07, 6.45) is 6.72. The Morgan fingerprint density at radius 3 is 2.85 bits per heavy atom. The van der Waals surface area contributed by atoms with E-state index in [4.69, 9.17) is 0 Å². The molecule has 0 amide bonds. The summed E-state index contributed by atoms with van der Waals surface area (Å²) >= 11 is 0. The van der Waals surface area contributed by atoms with E-state index in [9.17, 15) is 4.39 Å². The van der Waals surface area contributed by atoms with Crippen molar-refractivity contribution in [2.24, 2.45) is 0 Å². The second kappa shape index (κ2) is 4.09. The molecule has 0 aliphatic rings. The zero-order valence-corrected chi connectivity index (χ0v) is 10.3. The van der Waals surface area contributed by atoms with Gasteiger partial charge in [-0.2, -0.15) is 0 Å². The van der Waals surface area contributed by atoms with Crippen molar-refractivity contribution in [3.8, 4) is 11.1 Å². The van der Waals surface area contributed by atoms with Gasteiger partial charge in [0, 0.05) is 28.9 Å². The van der Waals surface area contributed by atoms with Crippen molar-refractivity contribution in [3.05, 3.63) is 55.0 Å². The number of halogens is 1. The molecule has 4 aromatic rings. The molecule has 3 heterocycles. The summed E-state index contributed by atoms with van der Waals surface area (Å²) in [4.78, 5) is 15.8. The van der Waals surface area contributed by atoms with Gasteiger partial charge in [0.25, 0.3) is 0 Å². The van der Waals surface area contributed by atoms with E-state index in [1.807, 2.05) is 0 Å². The van der Waals surface area contributed by atoms with E-state index < -0.39 is 0 Å². The fourth-order valence-electron chi connectivity index (χ4n) is 2.42. The number of nitrogens with one attached hydrogen (secondary N) is 1. The molecule has 0 saturated heterocycles. The van der Waals surface area contributed by atoms with E-state index in [0.717, 1.165) is 22.2 Å². The molecule has 3 aromatic heterocycles. The zero-order chi connectivity index (χ0) is 13.5. The topological polar surface area (TPSA) is 54.5 Å². The van der Waals surface area contributed by atoms with E-state index in [-0.39, 0.29) is 5.82 Å². The number of hydrogen-bond acceptors (Lipinski definition) is 3. The Hall–Kier alpha value is -2.82. The number of hydrogen-bond donors (Lipinski definition) is 1. The van der Waals surface area contributed by atoms with E-state index in [2.05, 4.69) is 19.9 Å². The third-order valence-electron chi connectivity index (χ3n) is 3.34. The van der Waals surface area contributed by atoms with Gasteiger partial charge in [-0.05, 0) is 24.3 Å². The SMILES string of the molecule is Fc1ccc(-c2cncc3[nH]cnc23)c2ncccc12. The van der Waals surface area contributed by atoms with Crippen LogP contribution in [0.3, 0.4) is 0 Å². The van der Waals surface area contributed by atoms with Crippen LogP contribution in [0.1, 0.15) is 0 Å². The molecule has 0 aliphatic heterocycles. The van der Waals surface area contributed by atoms with Crippen molar-refractivity contribution in [2.75, 3.05) is 0 Å². The molecule has 4 rings (SSSR count). The second-order valence-electron chi connectivity index (χ2n) is 4.48. The van der Waals surface area contributed by atoms with Gasteiger partial charge in [0.05, 0.1) is 29.1 Å². The minimum Gasteiger partial charge on any atom is -0.343 e. The van der Waals surface area contributed by atoms with Gasteiger partial charge in [-0.3, -0.25) is 9.97 Å². The minimum absolute atomic E-state index is 0.279. The average Bonchev–Trinajstić information content (AvgIpc) is 2.97. The van der Waals surface area contributed by atoms with Gasteiger partial charge in [0.15, 0.2) is 0 Å². The maximum Gasteiger partial charge on any atom is 0.132 e. The fourth-order valence-corrected chi connectivity index (χ4v) is 2.42. The number of benzene rings is 1. The number of aromatic amines is 1. The predicted octanol–water partition coefficient (Wildman–Crippen LogP) is 3.31. The Bertz CT molecular complexity index is 929. The largest absolute Gasteiger partial charge is 0.343 e. The van der Waals surface area contributed by atoms with Crippen LogP contribution in [0.5, 0.6) is 0 Å². The lowest BCUT2D eigenvalue weighted by atomic mass is 10.0. The standard InChI is InChI=1S/C15H9FN4/c16-12-4-3-9(14-10(12)2-1-5-18-14)11-6-17-7-13-15(11)20-8-19-13/h1-8H,(H,19,20). The highest BCUT2D eigenvalue weighted by Gasteiger charge is 2.12. The highest BCUT2D eigenvalue weighted by atomic mass is 19.1. The molecule has 1 aromatic carbocycles. The monoisotopic (exact) mass is 264 g/mol. The molecule has 4 nitrogen and oxygen atoms in total. The summed E-state index contributed by atoms with van der Waals surface area (Å²) in [7, 11) is 0. The maximum absolute atomic E-state index is 13.9. The number of aromatic nitrogens is 4. The van der Waals surface area contributed by atoms with Crippen molar-refractivity contribution in [2.45, 2.75) is 0 Å². The normalized spacial score (nSPS) is 11.2. The van der Waals surface area contributed by atoms with Crippen LogP contribution in [-0.4, -0.2) is 19.9 Å². The average molecular weight is 264 g/mol. The molecular weight excluding hydrogens is 255 g/mol. The molecule has 96 valence electrons. The number of nitrogens with zero attached hydrogens (tertiary/aromatic N) is 3. The Kier molecular flexibility index (Phi) is 2.26. The summed E-state index contributed by atoms with van der Waals surface area (Å²) in [5.74, 6) is -0.279. The summed E-state index contributed by atoms with van der Waals surface area (Å²) < 4.78 is 13.9. The van der Waals surface area contributed by atoms with Gasteiger partial charge in [0.1, 0.15) is 5.82 Å². The first-order chi connectivity index (χ1) is 9.84. The number of H-pyrrole nitrogens is 1. The molecule has 0 saturated carbocycles. The minimum atomic E-state index is -0.279. The van der Waals surface area contributed by atoms with Crippen molar-refractivity contribution < 1.29 is 4.39 Å². The van der Waals surface area contributed by atoms with Crippen LogP contribution in [-0.2, 0) is 0 Å². The third kappa shape index (κ3) is 1.50. The van der Waals surface area contributed by atoms with Crippen LogP contribution in [0, 0.1) is 5.82 Å².